The lowest BCUT2D eigenvalue weighted by Gasteiger charge is -2.09. The number of hydrogen-bond acceptors (Lipinski definition) is 6. The van der Waals surface area contributed by atoms with Crippen LogP contribution >= 0.6 is 0 Å². The van der Waals surface area contributed by atoms with Gasteiger partial charge in [-0.05, 0) is 36.2 Å². The second-order valence-corrected chi connectivity index (χ2v) is 6.68. The van der Waals surface area contributed by atoms with Crippen LogP contribution in [0.15, 0.2) is 52.5 Å². The summed E-state index contributed by atoms with van der Waals surface area (Å²) in [7, 11) is 1.85. The van der Waals surface area contributed by atoms with Crippen molar-refractivity contribution in [2.24, 2.45) is 12.0 Å². The van der Waals surface area contributed by atoms with Gasteiger partial charge >= 0.3 is 0 Å². The lowest BCUT2D eigenvalue weighted by Crippen LogP contribution is -2.16. The van der Waals surface area contributed by atoms with Crippen molar-refractivity contribution in [1.29, 1.82) is 0 Å². The molecule has 0 bridgehead atoms. The number of aromatic nitrogens is 4. The molecule has 0 unspecified atom stereocenters. The van der Waals surface area contributed by atoms with E-state index in [9.17, 15) is 4.79 Å². The van der Waals surface area contributed by atoms with Gasteiger partial charge in [-0.1, -0.05) is 6.07 Å². The standard InChI is InChI=1S/C20H16N6O2/c1-11-5-16-15(8-23-26(16)2)25-18(11)20(27)24-13-4-3-12-7-22-19(14(12)6-13)17-9-21-10-28-17/h3-6,8-10H,7H2,1-2H3,(H,24,27). The number of oxazole rings is 1. The van der Waals surface area contributed by atoms with Crippen LogP contribution in [0, 0.1) is 6.92 Å². The van der Waals surface area contributed by atoms with Gasteiger partial charge in [0.05, 0.1) is 24.5 Å². The van der Waals surface area contributed by atoms with E-state index < -0.39 is 0 Å². The molecule has 0 aliphatic carbocycles. The number of nitrogens with zero attached hydrogens (tertiary/aromatic N) is 5. The molecule has 0 spiro atoms. The minimum Gasteiger partial charge on any atom is -0.442 e. The predicted molar refractivity (Wildman–Crippen MR) is 103 cm³/mol. The van der Waals surface area contributed by atoms with E-state index in [1.54, 1.807) is 17.1 Å². The first kappa shape index (κ1) is 16.4. The summed E-state index contributed by atoms with van der Waals surface area (Å²) in [4.78, 5) is 25.8. The highest BCUT2D eigenvalue weighted by molar-refractivity contribution is 6.14. The molecule has 0 saturated heterocycles. The Morgan fingerprint density at radius 1 is 1.25 bits per heavy atom. The average molecular weight is 372 g/mol. The summed E-state index contributed by atoms with van der Waals surface area (Å²) in [5.74, 6) is 0.348. The zero-order valence-electron chi connectivity index (χ0n) is 15.3. The quantitative estimate of drug-likeness (QED) is 0.596. The number of aryl methyl sites for hydroxylation is 2. The van der Waals surface area contributed by atoms with Crippen molar-refractivity contribution >= 4 is 28.3 Å². The van der Waals surface area contributed by atoms with Crippen LogP contribution in [0.1, 0.15) is 32.9 Å². The van der Waals surface area contributed by atoms with Gasteiger partial charge in [-0.2, -0.15) is 5.10 Å². The lowest BCUT2D eigenvalue weighted by molar-refractivity contribution is 0.102. The van der Waals surface area contributed by atoms with Gasteiger partial charge in [0.2, 0.25) is 0 Å². The van der Waals surface area contributed by atoms with Crippen molar-refractivity contribution in [3.05, 3.63) is 71.2 Å². The predicted octanol–water partition coefficient (Wildman–Crippen LogP) is 2.87. The summed E-state index contributed by atoms with van der Waals surface area (Å²) in [5, 5.41) is 7.12. The fourth-order valence-corrected chi connectivity index (χ4v) is 3.40. The maximum atomic E-state index is 12.8. The van der Waals surface area contributed by atoms with E-state index in [1.807, 2.05) is 38.2 Å². The maximum absolute atomic E-state index is 12.8. The molecule has 4 heterocycles. The molecular formula is C20H16N6O2. The molecule has 3 aromatic heterocycles. The van der Waals surface area contributed by atoms with Gasteiger partial charge in [-0.3, -0.25) is 14.5 Å². The third kappa shape index (κ3) is 2.58. The van der Waals surface area contributed by atoms with E-state index in [2.05, 4.69) is 25.4 Å². The van der Waals surface area contributed by atoms with Crippen LogP contribution in [0.3, 0.4) is 0 Å². The van der Waals surface area contributed by atoms with E-state index in [0.717, 1.165) is 27.9 Å². The van der Waals surface area contributed by atoms with Crippen molar-refractivity contribution in [2.45, 2.75) is 13.5 Å². The fraction of sp³-hybridized carbons (Fsp3) is 0.150. The van der Waals surface area contributed by atoms with Crippen molar-refractivity contribution in [3.8, 4) is 0 Å². The van der Waals surface area contributed by atoms with E-state index in [0.29, 0.717) is 29.2 Å². The molecule has 0 atom stereocenters. The Morgan fingerprint density at radius 3 is 2.96 bits per heavy atom. The van der Waals surface area contributed by atoms with Crippen LogP contribution in [-0.4, -0.2) is 31.4 Å². The summed E-state index contributed by atoms with van der Waals surface area (Å²) < 4.78 is 7.11. The molecule has 0 saturated carbocycles. The number of anilines is 1. The second-order valence-electron chi connectivity index (χ2n) is 6.68. The van der Waals surface area contributed by atoms with Crippen molar-refractivity contribution in [2.75, 3.05) is 5.32 Å². The Hall–Kier alpha value is -3.81. The number of fused-ring (bicyclic) bond motifs is 2. The zero-order chi connectivity index (χ0) is 19.3. The number of nitrogens with one attached hydrogen (secondary N) is 1. The monoisotopic (exact) mass is 372 g/mol. The fourth-order valence-electron chi connectivity index (χ4n) is 3.40. The van der Waals surface area contributed by atoms with E-state index in [-0.39, 0.29) is 5.91 Å². The Balaban J connectivity index is 1.46. The van der Waals surface area contributed by atoms with Crippen LogP contribution in [0.25, 0.3) is 11.0 Å². The number of pyridine rings is 1. The molecule has 1 amide bonds. The molecule has 1 aliphatic heterocycles. The van der Waals surface area contributed by atoms with Gasteiger partial charge in [-0.15, -0.1) is 0 Å². The van der Waals surface area contributed by atoms with Crippen LogP contribution < -0.4 is 5.32 Å². The topological polar surface area (TPSA) is 98.2 Å². The molecular weight excluding hydrogens is 356 g/mol. The van der Waals surface area contributed by atoms with Crippen molar-refractivity contribution < 1.29 is 9.21 Å². The van der Waals surface area contributed by atoms with Gasteiger partial charge in [0, 0.05) is 18.3 Å². The third-order valence-electron chi connectivity index (χ3n) is 4.83. The Kier molecular flexibility index (Phi) is 3.58. The molecule has 8 nitrogen and oxygen atoms in total. The number of amides is 1. The number of carbonyl (C=O) groups excluding carboxylic acids is 1. The summed E-state index contributed by atoms with van der Waals surface area (Å²) in [5.41, 5.74) is 6.17. The Bertz CT molecular complexity index is 1250. The number of benzene rings is 1. The van der Waals surface area contributed by atoms with Gasteiger partial charge in [-0.25, -0.2) is 9.97 Å². The van der Waals surface area contributed by atoms with Crippen LogP contribution in [0.2, 0.25) is 0 Å². The Labute approximate surface area is 159 Å². The number of carbonyl (C=O) groups is 1. The normalized spacial score (nSPS) is 12.9. The number of hydrogen-bond donors (Lipinski definition) is 1. The third-order valence-corrected chi connectivity index (χ3v) is 4.83. The highest BCUT2D eigenvalue weighted by Gasteiger charge is 2.21. The Morgan fingerprint density at radius 2 is 2.14 bits per heavy atom. The van der Waals surface area contributed by atoms with Crippen molar-refractivity contribution in [1.82, 2.24) is 19.7 Å². The molecule has 1 aromatic carbocycles. The molecule has 1 aliphatic rings. The summed E-state index contributed by atoms with van der Waals surface area (Å²) in [6, 6.07) is 7.65. The highest BCUT2D eigenvalue weighted by atomic mass is 16.3. The average Bonchev–Trinajstić information content (AvgIpc) is 3.41. The van der Waals surface area contributed by atoms with Gasteiger partial charge in [0.25, 0.3) is 5.91 Å². The van der Waals surface area contributed by atoms with Gasteiger partial charge in [0.1, 0.15) is 16.9 Å². The minimum absolute atomic E-state index is 0.264. The lowest BCUT2D eigenvalue weighted by atomic mass is 10.0. The first-order valence-corrected chi connectivity index (χ1v) is 8.77. The van der Waals surface area contributed by atoms with Gasteiger partial charge < -0.3 is 9.73 Å². The van der Waals surface area contributed by atoms with Crippen LogP contribution in [-0.2, 0) is 13.6 Å². The summed E-state index contributed by atoms with van der Waals surface area (Å²) in [6.45, 7) is 2.45. The van der Waals surface area contributed by atoms with E-state index in [4.69, 9.17) is 4.42 Å². The molecule has 0 fully saturated rings. The molecule has 1 N–H and O–H groups in total. The van der Waals surface area contributed by atoms with Crippen molar-refractivity contribution in [3.63, 3.8) is 0 Å². The highest BCUT2D eigenvalue weighted by Crippen LogP contribution is 2.26. The van der Waals surface area contributed by atoms with Crippen LogP contribution in [0.4, 0.5) is 5.69 Å². The number of rotatable bonds is 3. The summed E-state index contributed by atoms with van der Waals surface area (Å²) in [6.07, 6.45) is 4.67. The maximum Gasteiger partial charge on any atom is 0.274 e. The largest absolute Gasteiger partial charge is 0.442 e. The van der Waals surface area contributed by atoms with Crippen LogP contribution in [0.5, 0.6) is 0 Å². The molecule has 138 valence electrons. The summed E-state index contributed by atoms with van der Waals surface area (Å²) >= 11 is 0. The van der Waals surface area contributed by atoms with Gasteiger partial charge in [0.15, 0.2) is 12.2 Å². The second kappa shape index (κ2) is 6.12. The minimum atomic E-state index is -0.264. The molecule has 28 heavy (non-hydrogen) atoms. The molecule has 0 radical (unpaired) electrons. The molecule has 4 aromatic rings. The van der Waals surface area contributed by atoms with E-state index >= 15 is 0 Å². The smallest absolute Gasteiger partial charge is 0.274 e. The van der Waals surface area contributed by atoms with E-state index in [1.165, 1.54) is 6.39 Å². The molecule has 5 rings (SSSR count). The first-order valence-electron chi connectivity index (χ1n) is 8.77. The molecule has 8 heteroatoms. The number of aliphatic imine (C=N–C) groups is 1. The first-order chi connectivity index (χ1) is 13.6. The zero-order valence-corrected chi connectivity index (χ0v) is 15.3. The SMILES string of the molecule is Cc1cc2c(cnn2C)nc1C(=O)Nc1ccc2c(c1)C(c1cnco1)=NC2.